The molecule has 358 valence electrons. The number of nitrogens with one attached hydrogen (secondary N) is 2. The van der Waals surface area contributed by atoms with Gasteiger partial charge < -0.3 is 48.5 Å². The molecular formula is C50H51Cl3N4O10S. The molecule has 4 heterocycles. The highest BCUT2D eigenvalue weighted by Gasteiger charge is 2.55. The molecule has 68 heavy (non-hydrogen) atoms. The van der Waals surface area contributed by atoms with Crippen molar-refractivity contribution in [1.82, 2.24) is 15.5 Å². The van der Waals surface area contributed by atoms with Crippen LogP contribution in [0.5, 0.6) is 28.7 Å². The first-order chi connectivity index (χ1) is 32.9. The Morgan fingerprint density at radius 3 is 2.40 bits per heavy atom. The average molecular weight is 1010 g/mol. The second kappa shape index (κ2) is 20.1. The molecule has 4 aromatic carbocycles. The largest absolute Gasteiger partial charge is 0.493 e. The summed E-state index contributed by atoms with van der Waals surface area (Å²) in [5.74, 6) is 2.76. The van der Waals surface area contributed by atoms with Crippen LogP contribution in [0, 0.1) is 25.2 Å². The highest BCUT2D eigenvalue weighted by molar-refractivity contribution is 7.99. The number of alkyl carbamates (subject to hydrolysis) is 1. The summed E-state index contributed by atoms with van der Waals surface area (Å²) in [5.41, 5.74) is 9.76. The van der Waals surface area contributed by atoms with Gasteiger partial charge in [0.25, 0.3) is 0 Å². The van der Waals surface area contributed by atoms with Crippen molar-refractivity contribution >= 4 is 58.6 Å². The second-order valence-corrected chi connectivity index (χ2v) is 20.8. The number of fused-ring (bicyclic) bond motifs is 12. The van der Waals surface area contributed by atoms with Crippen molar-refractivity contribution in [2.45, 2.75) is 72.7 Å². The van der Waals surface area contributed by atoms with E-state index >= 15 is 0 Å². The number of nitrogens with zero attached hydrogens (tertiary/aromatic N) is 2. The molecule has 9 rings (SSSR count). The summed E-state index contributed by atoms with van der Waals surface area (Å²) in [6, 6.07) is 17.5. The van der Waals surface area contributed by atoms with E-state index in [2.05, 4.69) is 58.5 Å². The van der Waals surface area contributed by atoms with Crippen LogP contribution in [0.4, 0.5) is 4.79 Å². The number of benzene rings is 4. The van der Waals surface area contributed by atoms with Gasteiger partial charge in [0.15, 0.2) is 29.8 Å². The molecule has 0 radical (unpaired) electrons. The molecule has 1 unspecified atom stereocenters. The molecule has 14 nitrogen and oxygen atoms in total. The van der Waals surface area contributed by atoms with Crippen LogP contribution >= 0.6 is 46.6 Å². The zero-order chi connectivity index (χ0) is 47.9. The molecule has 4 aromatic rings. The smallest absolute Gasteiger partial charge is 0.408 e. The Morgan fingerprint density at radius 2 is 1.72 bits per heavy atom. The summed E-state index contributed by atoms with van der Waals surface area (Å²) in [7, 11) is 3.17. The maximum absolute atomic E-state index is 14.7. The zero-order valence-corrected chi connectivity index (χ0v) is 41.0. The third-order valence-corrected chi connectivity index (χ3v) is 14.7. The molecule has 18 heteroatoms. The summed E-state index contributed by atoms with van der Waals surface area (Å²) in [5, 5.41) is 17.7. The number of hydrogen-bond acceptors (Lipinski definition) is 14. The Bertz CT molecular complexity index is 2610. The zero-order valence-electron chi connectivity index (χ0n) is 37.9. The Hall–Kier alpha value is -5.05. The molecule has 2 bridgehead atoms. The SMILES string of the molecule is C=CCOc1c(C)c2c(c3c1CC1[C@H]4N[C@H](Cc5cc(C)c(OC)c(OCOC)c54)[C@H](C#N)N1[C@H]3COC(=O)[C@@H](CSCC1c3ccccc3-c3ccccc31)NC(=O)OCC(Cl)(Cl)Cl)OCO2. The Morgan fingerprint density at radius 1 is 1.00 bits per heavy atom. The van der Waals surface area contributed by atoms with E-state index in [9.17, 15) is 14.9 Å². The molecule has 1 fully saturated rings. The molecule has 5 aliphatic rings. The molecule has 1 amide bonds. The van der Waals surface area contributed by atoms with Crippen LogP contribution in [-0.4, -0.2) is 104 Å². The molecule has 6 atom stereocenters. The van der Waals surface area contributed by atoms with Crippen LogP contribution in [0.1, 0.15) is 62.5 Å². The van der Waals surface area contributed by atoms with Gasteiger partial charge in [-0.05, 0) is 60.1 Å². The van der Waals surface area contributed by atoms with Crippen molar-refractivity contribution in [3.05, 3.63) is 112 Å². The first-order valence-corrected chi connectivity index (χ1v) is 24.5. The lowest BCUT2D eigenvalue weighted by Gasteiger charge is -2.56. The summed E-state index contributed by atoms with van der Waals surface area (Å²) >= 11 is 19.3. The fraction of sp³-hybridized carbons (Fsp3) is 0.420. The van der Waals surface area contributed by atoms with E-state index in [1.165, 1.54) is 34.0 Å². The quantitative estimate of drug-likeness (QED) is 0.0476. The summed E-state index contributed by atoms with van der Waals surface area (Å²) in [6.45, 7) is 7.13. The summed E-state index contributed by atoms with van der Waals surface area (Å²) < 4.78 is 46.2. The Balaban J connectivity index is 1.08. The standard InChI is InChI=1S/C50H51Cl3N4O10S/c1-6-15-62-44-27(3)45-47(67-25-66-45)41-33(44)18-37-42-40-28(16-26(2)43(61-5)46(40)65-24-60-4)17-35(55-42)38(19-54)57(37)39(41)20-63-48(58)36(56-49(59)64-23-50(51,52)53)22-68-21-34-31-13-9-7-11-29(31)30-12-8-10-14-32(30)34/h6-14,16,34-39,42,55H,1,15,17-18,20-25H2,2-5H3,(H,56,59)/t35-,36-,37?,38+,39+,42-/m1/s1. The number of hydrogen-bond donors (Lipinski definition) is 2. The predicted octanol–water partition coefficient (Wildman–Crippen LogP) is 8.57. The van der Waals surface area contributed by atoms with Gasteiger partial charge in [-0.3, -0.25) is 4.90 Å². The van der Waals surface area contributed by atoms with E-state index in [-0.39, 0.29) is 44.5 Å². The number of ether oxygens (including phenoxy) is 8. The van der Waals surface area contributed by atoms with E-state index in [4.69, 9.17) is 72.7 Å². The van der Waals surface area contributed by atoms with E-state index in [1.807, 2.05) is 38.1 Å². The fourth-order valence-electron chi connectivity index (χ4n) is 10.7. The number of piperazine rings is 1. The first-order valence-electron chi connectivity index (χ1n) is 22.2. The van der Waals surface area contributed by atoms with Gasteiger partial charge in [0.1, 0.15) is 37.7 Å². The normalized spacial score (nSPS) is 21.2. The minimum Gasteiger partial charge on any atom is -0.493 e. The van der Waals surface area contributed by atoms with Gasteiger partial charge >= 0.3 is 12.1 Å². The third kappa shape index (κ3) is 9.01. The van der Waals surface area contributed by atoms with E-state index < -0.39 is 52.7 Å². The number of nitriles is 1. The molecule has 1 saturated heterocycles. The number of halogens is 3. The third-order valence-electron chi connectivity index (χ3n) is 13.3. The summed E-state index contributed by atoms with van der Waals surface area (Å²) in [6.07, 6.45) is 1.60. The number of alkyl halides is 3. The maximum atomic E-state index is 14.7. The van der Waals surface area contributed by atoms with E-state index in [0.717, 1.165) is 27.8 Å². The van der Waals surface area contributed by atoms with Crippen LogP contribution in [0.3, 0.4) is 0 Å². The molecule has 0 aromatic heterocycles. The first kappa shape index (κ1) is 48.0. The van der Waals surface area contributed by atoms with Crippen molar-refractivity contribution in [2.24, 2.45) is 0 Å². The van der Waals surface area contributed by atoms with Crippen molar-refractivity contribution in [1.29, 1.82) is 5.26 Å². The number of methoxy groups -OCH3 is 2. The molecular weight excluding hydrogens is 955 g/mol. The summed E-state index contributed by atoms with van der Waals surface area (Å²) in [4.78, 5) is 30.1. The topological polar surface area (TPSA) is 159 Å². The number of rotatable bonds is 16. The minimum atomic E-state index is -1.88. The van der Waals surface area contributed by atoms with Crippen molar-refractivity contribution in [2.75, 3.05) is 59.1 Å². The van der Waals surface area contributed by atoms with Gasteiger partial charge in [-0.15, -0.1) is 0 Å². The maximum Gasteiger partial charge on any atom is 0.408 e. The monoisotopic (exact) mass is 1000 g/mol. The predicted molar refractivity (Wildman–Crippen MR) is 259 cm³/mol. The fourth-order valence-corrected chi connectivity index (χ4v) is 12.0. The number of amides is 1. The van der Waals surface area contributed by atoms with Crippen LogP contribution in [0.2, 0.25) is 0 Å². The Kier molecular flexibility index (Phi) is 14.2. The molecule has 0 spiro atoms. The lowest BCUT2D eigenvalue weighted by atomic mass is 9.72. The van der Waals surface area contributed by atoms with Crippen LogP contribution in [0.25, 0.3) is 11.1 Å². The molecule has 2 N–H and O–H groups in total. The highest BCUT2D eigenvalue weighted by Crippen LogP contribution is 2.57. The number of aryl methyl sites for hydroxylation is 1. The van der Waals surface area contributed by atoms with Gasteiger partial charge in [-0.25, -0.2) is 9.59 Å². The van der Waals surface area contributed by atoms with Crippen molar-refractivity contribution < 1.29 is 47.5 Å². The number of carbonyl (C=O) groups is 2. The Labute approximate surface area is 414 Å². The highest BCUT2D eigenvalue weighted by atomic mass is 35.6. The number of thioether (sulfide) groups is 1. The van der Waals surface area contributed by atoms with Crippen molar-refractivity contribution in [3.8, 4) is 45.9 Å². The van der Waals surface area contributed by atoms with Crippen LogP contribution < -0.4 is 34.3 Å². The van der Waals surface area contributed by atoms with Gasteiger partial charge in [-0.1, -0.05) is 102 Å². The van der Waals surface area contributed by atoms with Crippen molar-refractivity contribution in [3.63, 3.8) is 0 Å². The van der Waals surface area contributed by atoms with Gasteiger partial charge in [-0.2, -0.15) is 17.0 Å². The van der Waals surface area contributed by atoms with Crippen LogP contribution in [0.15, 0.2) is 67.3 Å². The van der Waals surface area contributed by atoms with Crippen LogP contribution in [-0.2, 0) is 31.8 Å². The lowest BCUT2D eigenvalue weighted by Crippen LogP contribution is -2.68. The van der Waals surface area contributed by atoms with E-state index in [1.54, 1.807) is 20.3 Å². The molecule has 1 aliphatic carbocycles. The second-order valence-electron chi connectivity index (χ2n) is 17.2. The van der Waals surface area contributed by atoms with Gasteiger partial charge in [0.2, 0.25) is 10.6 Å². The van der Waals surface area contributed by atoms with E-state index in [0.29, 0.717) is 52.9 Å². The number of carbonyl (C=O) groups excluding carboxylic acids is 2. The van der Waals surface area contributed by atoms with Gasteiger partial charge in [0.05, 0.1) is 25.3 Å². The van der Waals surface area contributed by atoms with Gasteiger partial charge in [0, 0.05) is 58.9 Å². The number of esters is 1. The molecule has 4 aliphatic heterocycles. The lowest BCUT2D eigenvalue weighted by molar-refractivity contribution is -0.149. The minimum absolute atomic E-state index is 0.0198. The average Bonchev–Trinajstić information content (AvgIpc) is 3.95. The molecule has 0 saturated carbocycles.